The van der Waals surface area contributed by atoms with Crippen LogP contribution < -0.4 is 9.47 Å². The molecule has 0 amide bonds. The zero-order chi connectivity index (χ0) is 15.2. The Bertz CT molecular complexity index is 844. The maximum Gasteiger partial charge on any atom is 0.205 e. The van der Waals surface area contributed by atoms with Gasteiger partial charge in [-0.2, -0.15) is 0 Å². The van der Waals surface area contributed by atoms with E-state index in [1.807, 2.05) is 0 Å². The Balaban J connectivity index is 2.14. The summed E-state index contributed by atoms with van der Waals surface area (Å²) in [4.78, 5) is 0. The molecule has 0 aliphatic carbocycles. The first kappa shape index (κ1) is 13.8. The summed E-state index contributed by atoms with van der Waals surface area (Å²) in [6, 6.07) is 1.64. The van der Waals surface area contributed by atoms with Gasteiger partial charge in [0.05, 0.1) is 18.8 Å². The summed E-state index contributed by atoms with van der Waals surface area (Å²) in [6.07, 6.45) is 4.60. The summed E-state index contributed by atoms with van der Waals surface area (Å²) in [7, 11) is -1.74. The fraction of sp³-hybridized carbons (Fsp3) is 0.286. The van der Waals surface area contributed by atoms with Crippen molar-refractivity contribution in [2.75, 3.05) is 19.1 Å². The van der Waals surface area contributed by atoms with Gasteiger partial charge in [-0.1, -0.05) is 0 Å². The highest BCUT2D eigenvalue weighted by molar-refractivity contribution is 7.90. The molecule has 1 aromatic carbocycles. The molecular weight excluding hydrogens is 296 g/mol. The molecule has 0 spiro atoms. The van der Waals surface area contributed by atoms with Crippen molar-refractivity contribution in [2.45, 2.75) is 6.42 Å². The number of hydrogen-bond acceptors (Lipinski definition) is 6. The summed E-state index contributed by atoms with van der Waals surface area (Å²) in [6.45, 7) is 0. The molecule has 1 N–H and O–H groups in total. The Morgan fingerprint density at radius 3 is 2.86 bits per heavy atom. The van der Waals surface area contributed by atoms with Gasteiger partial charge in [-0.3, -0.25) is 0 Å². The van der Waals surface area contributed by atoms with E-state index in [1.54, 1.807) is 12.1 Å². The highest BCUT2D eigenvalue weighted by Gasteiger charge is 2.27. The van der Waals surface area contributed by atoms with Gasteiger partial charge in [0, 0.05) is 18.2 Å². The Morgan fingerprint density at radius 1 is 1.43 bits per heavy atom. The second-order valence-corrected chi connectivity index (χ2v) is 7.04. The van der Waals surface area contributed by atoms with Crippen LogP contribution in [0.15, 0.2) is 28.6 Å². The molecule has 112 valence electrons. The van der Waals surface area contributed by atoms with E-state index in [0.717, 1.165) is 6.26 Å². The molecule has 3 rings (SSSR count). The van der Waals surface area contributed by atoms with Crippen LogP contribution in [0.5, 0.6) is 17.2 Å². The molecular formula is C14H14O6S. The molecule has 0 fully saturated rings. The van der Waals surface area contributed by atoms with Crippen molar-refractivity contribution in [2.24, 2.45) is 0 Å². The summed E-state index contributed by atoms with van der Waals surface area (Å²) in [5.74, 6) is 0.824. The van der Waals surface area contributed by atoms with Crippen molar-refractivity contribution < 1.29 is 27.4 Å². The molecule has 21 heavy (non-hydrogen) atoms. The number of rotatable bonds is 3. The number of hydrogen-bond donors (Lipinski definition) is 1. The predicted octanol–water partition coefficient (Wildman–Crippen LogP) is 2.01. The normalized spacial score (nSPS) is 14.5. The molecule has 0 bridgehead atoms. The first-order valence-electron chi connectivity index (χ1n) is 6.24. The average Bonchev–Trinajstić information content (AvgIpc) is 2.87. The number of sulfone groups is 1. The topological polar surface area (TPSA) is 86.0 Å². The van der Waals surface area contributed by atoms with E-state index >= 15 is 0 Å². The van der Waals surface area contributed by atoms with Crippen molar-refractivity contribution in [1.29, 1.82) is 0 Å². The quantitative estimate of drug-likeness (QED) is 0.933. The van der Waals surface area contributed by atoms with Crippen LogP contribution in [0.2, 0.25) is 0 Å². The summed E-state index contributed by atoms with van der Waals surface area (Å²) < 4.78 is 39.0. The smallest absolute Gasteiger partial charge is 0.205 e. The monoisotopic (exact) mass is 310 g/mol. The SMILES string of the molecule is COc1c2c(c(O)c3ccoc13)CC=C(CS(C)(=O)=O)O2. The highest BCUT2D eigenvalue weighted by atomic mass is 32.2. The Hall–Kier alpha value is -2.15. The summed E-state index contributed by atoms with van der Waals surface area (Å²) in [5.41, 5.74) is 0.923. The van der Waals surface area contributed by atoms with Crippen LogP contribution >= 0.6 is 0 Å². The lowest BCUT2D eigenvalue weighted by Crippen LogP contribution is -2.15. The van der Waals surface area contributed by atoms with Crippen LogP contribution in [0.25, 0.3) is 11.0 Å². The van der Waals surface area contributed by atoms with Crippen molar-refractivity contribution >= 4 is 20.8 Å². The van der Waals surface area contributed by atoms with E-state index in [1.165, 1.54) is 13.4 Å². The molecule has 1 aromatic heterocycles. The number of phenols is 1. The molecule has 0 saturated heterocycles. The van der Waals surface area contributed by atoms with Gasteiger partial charge in [0.15, 0.2) is 21.2 Å². The van der Waals surface area contributed by atoms with E-state index < -0.39 is 9.84 Å². The van der Waals surface area contributed by atoms with Crippen LogP contribution in [0.3, 0.4) is 0 Å². The molecule has 6 nitrogen and oxygen atoms in total. The van der Waals surface area contributed by atoms with E-state index in [0.29, 0.717) is 40.2 Å². The second kappa shape index (κ2) is 4.70. The number of aromatic hydroxyl groups is 1. The van der Waals surface area contributed by atoms with Gasteiger partial charge in [0.1, 0.15) is 17.3 Å². The average molecular weight is 310 g/mol. The first-order chi connectivity index (χ1) is 9.90. The number of methoxy groups -OCH3 is 1. The van der Waals surface area contributed by atoms with Crippen LogP contribution in [0.1, 0.15) is 5.56 Å². The van der Waals surface area contributed by atoms with Crippen LogP contribution in [0.4, 0.5) is 0 Å². The number of furan rings is 1. The number of phenolic OH excluding ortho intramolecular Hbond substituents is 1. The molecule has 1 aliphatic rings. The third-order valence-corrected chi connectivity index (χ3v) is 4.08. The summed E-state index contributed by atoms with van der Waals surface area (Å²) >= 11 is 0. The van der Waals surface area contributed by atoms with E-state index in [2.05, 4.69) is 0 Å². The van der Waals surface area contributed by atoms with Gasteiger partial charge < -0.3 is 19.0 Å². The number of allylic oxidation sites excluding steroid dienone is 1. The fourth-order valence-corrected chi connectivity index (χ4v) is 3.09. The predicted molar refractivity (Wildman–Crippen MR) is 76.6 cm³/mol. The van der Waals surface area contributed by atoms with Crippen LogP contribution in [0, 0.1) is 0 Å². The third kappa shape index (κ3) is 2.33. The third-order valence-electron chi connectivity index (χ3n) is 3.27. The van der Waals surface area contributed by atoms with Gasteiger partial charge >= 0.3 is 0 Å². The number of fused-ring (bicyclic) bond motifs is 2. The van der Waals surface area contributed by atoms with E-state index in [4.69, 9.17) is 13.9 Å². The highest BCUT2D eigenvalue weighted by Crippen LogP contribution is 2.48. The van der Waals surface area contributed by atoms with Gasteiger partial charge in [0.2, 0.25) is 5.75 Å². The first-order valence-corrected chi connectivity index (χ1v) is 8.30. The van der Waals surface area contributed by atoms with Gasteiger partial charge in [-0.15, -0.1) is 0 Å². The molecule has 0 saturated carbocycles. The maximum absolute atomic E-state index is 11.4. The van der Waals surface area contributed by atoms with Crippen LogP contribution in [-0.4, -0.2) is 32.6 Å². The van der Waals surface area contributed by atoms with Gasteiger partial charge in [-0.05, 0) is 12.1 Å². The lowest BCUT2D eigenvalue weighted by molar-refractivity contribution is 0.347. The Morgan fingerprint density at radius 2 is 2.19 bits per heavy atom. The van der Waals surface area contributed by atoms with Gasteiger partial charge in [-0.25, -0.2) is 8.42 Å². The van der Waals surface area contributed by atoms with Gasteiger partial charge in [0.25, 0.3) is 0 Å². The van der Waals surface area contributed by atoms with Crippen molar-refractivity contribution in [3.63, 3.8) is 0 Å². The van der Waals surface area contributed by atoms with Crippen molar-refractivity contribution in [3.8, 4) is 17.2 Å². The molecule has 0 radical (unpaired) electrons. The lowest BCUT2D eigenvalue weighted by atomic mass is 10.0. The maximum atomic E-state index is 11.4. The fourth-order valence-electron chi connectivity index (χ4n) is 2.40. The molecule has 1 aliphatic heterocycles. The minimum absolute atomic E-state index is 0.0594. The molecule has 7 heteroatoms. The number of ether oxygens (including phenoxy) is 2. The molecule has 0 atom stereocenters. The molecule has 2 heterocycles. The zero-order valence-electron chi connectivity index (χ0n) is 11.5. The molecule has 0 unspecified atom stereocenters. The minimum atomic E-state index is -3.21. The minimum Gasteiger partial charge on any atom is -0.507 e. The largest absolute Gasteiger partial charge is 0.507 e. The van der Waals surface area contributed by atoms with E-state index in [-0.39, 0.29) is 11.5 Å². The van der Waals surface area contributed by atoms with Crippen molar-refractivity contribution in [1.82, 2.24) is 0 Å². The Labute approximate surface area is 121 Å². The Kier molecular flexibility index (Phi) is 3.09. The van der Waals surface area contributed by atoms with Crippen LogP contribution in [-0.2, 0) is 16.3 Å². The standard InChI is InChI=1S/C14H14O6S/c1-18-14-12-10(5-6-19-12)11(15)9-4-3-8(20-13(9)14)7-21(2,16)17/h3,5-6,15H,4,7H2,1-2H3. The molecule has 2 aromatic rings. The van der Waals surface area contributed by atoms with Crippen molar-refractivity contribution in [3.05, 3.63) is 29.7 Å². The lowest BCUT2D eigenvalue weighted by Gasteiger charge is -2.21. The van der Waals surface area contributed by atoms with E-state index in [9.17, 15) is 13.5 Å². The summed E-state index contributed by atoms with van der Waals surface area (Å²) in [5, 5.41) is 10.8. The second-order valence-electron chi connectivity index (χ2n) is 4.90. The zero-order valence-corrected chi connectivity index (χ0v) is 12.4. The number of benzene rings is 1.